The first-order valence-corrected chi connectivity index (χ1v) is 9.19. The summed E-state index contributed by atoms with van der Waals surface area (Å²) >= 11 is 0. The molecule has 0 saturated heterocycles. The van der Waals surface area contributed by atoms with Gasteiger partial charge in [-0.3, -0.25) is 19.7 Å². The number of hydrogen-bond acceptors (Lipinski definition) is 5. The number of aryl methyl sites for hydroxylation is 2. The van der Waals surface area contributed by atoms with Crippen molar-refractivity contribution >= 4 is 23.7 Å². The van der Waals surface area contributed by atoms with Crippen LogP contribution in [0.4, 0.5) is 4.79 Å². The van der Waals surface area contributed by atoms with Crippen molar-refractivity contribution in [1.82, 2.24) is 10.6 Å². The van der Waals surface area contributed by atoms with Crippen LogP contribution in [-0.4, -0.2) is 30.7 Å². The molecule has 29 heavy (non-hydrogen) atoms. The van der Waals surface area contributed by atoms with E-state index in [1.807, 2.05) is 26.0 Å². The monoisotopic (exact) mass is 396 g/mol. The van der Waals surface area contributed by atoms with Crippen molar-refractivity contribution in [3.63, 3.8) is 0 Å². The summed E-state index contributed by atoms with van der Waals surface area (Å²) in [6.45, 7) is 3.72. The van der Waals surface area contributed by atoms with Gasteiger partial charge in [0.2, 0.25) is 6.10 Å². The molecule has 2 aromatic rings. The molecule has 0 aliphatic heterocycles. The number of carbonyl (C=O) groups is 4. The van der Waals surface area contributed by atoms with Gasteiger partial charge < -0.3 is 10.1 Å². The third kappa shape index (κ3) is 6.27. The second-order valence-electron chi connectivity index (χ2n) is 6.59. The van der Waals surface area contributed by atoms with E-state index in [-0.39, 0.29) is 18.6 Å². The summed E-state index contributed by atoms with van der Waals surface area (Å²) in [4.78, 5) is 48.6. The fourth-order valence-electron chi connectivity index (χ4n) is 2.72. The first-order chi connectivity index (χ1) is 13.8. The number of esters is 1. The summed E-state index contributed by atoms with van der Waals surface area (Å²) in [6.07, 6.45) is -1.51. The van der Waals surface area contributed by atoms with Gasteiger partial charge in [0.25, 0.3) is 5.91 Å². The molecule has 0 aliphatic carbocycles. The molecule has 0 saturated carbocycles. The van der Waals surface area contributed by atoms with E-state index in [0.29, 0.717) is 11.1 Å². The number of imide groups is 1. The molecule has 0 bridgehead atoms. The van der Waals surface area contributed by atoms with E-state index in [1.165, 1.54) is 7.05 Å². The van der Waals surface area contributed by atoms with Crippen molar-refractivity contribution < 1.29 is 23.9 Å². The number of rotatable bonds is 7. The smallest absolute Gasteiger partial charge is 0.321 e. The number of carbonyl (C=O) groups excluding carboxylic acids is 4. The first kappa shape index (κ1) is 21.8. The molecule has 3 amide bonds. The van der Waals surface area contributed by atoms with Crippen LogP contribution in [0.3, 0.4) is 0 Å². The van der Waals surface area contributed by atoms with Crippen LogP contribution < -0.4 is 10.6 Å². The molecule has 0 heterocycles. The molecule has 1 atom stereocenters. The lowest BCUT2D eigenvalue weighted by molar-refractivity contribution is -0.156. The SMILES string of the molecule is CNC(=O)NC(=O)[C@@H](OC(=O)CCC(=O)c1cc(C)ccc1C)c1ccccc1. The van der Waals surface area contributed by atoms with E-state index in [0.717, 1.165) is 11.1 Å². The van der Waals surface area contributed by atoms with E-state index in [1.54, 1.807) is 36.4 Å². The van der Waals surface area contributed by atoms with Crippen LogP contribution in [0.5, 0.6) is 0 Å². The molecule has 0 unspecified atom stereocenters. The summed E-state index contributed by atoms with van der Waals surface area (Å²) in [5.41, 5.74) is 2.77. The number of Topliss-reactive ketones (excluding diaryl/α,β-unsaturated/α-hetero) is 1. The van der Waals surface area contributed by atoms with E-state index < -0.39 is 24.0 Å². The van der Waals surface area contributed by atoms with Gasteiger partial charge in [-0.2, -0.15) is 0 Å². The molecular weight excluding hydrogens is 372 g/mol. The molecule has 0 radical (unpaired) electrons. The number of hydrogen-bond donors (Lipinski definition) is 2. The van der Waals surface area contributed by atoms with Gasteiger partial charge in [-0.1, -0.05) is 48.0 Å². The van der Waals surface area contributed by atoms with Gasteiger partial charge in [0.1, 0.15) is 0 Å². The van der Waals surface area contributed by atoms with E-state index in [9.17, 15) is 19.2 Å². The van der Waals surface area contributed by atoms with Crippen molar-refractivity contribution in [1.29, 1.82) is 0 Å². The van der Waals surface area contributed by atoms with Crippen molar-refractivity contribution in [2.45, 2.75) is 32.8 Å². The summed E-state index contributed by atoms with van der Waals surface area (Å²) in [7, 11) is 1.37. The minimum Gasteiger partial charge on any atom is -0.447 e. The largest absolute Gasteiger partial charge is 0.447 e. The average Bonchev–Trinajstić information content (AvgIpc) is 2.72. The summed E-state index contributed by atoms with van der Waals surface area (Å²) < 4.78 is 5.30. The van der Waals surface area contributed by atoms with Crippen LogP contribution in [0.2, 0.25) is 0 Å². The highest BCUT2D eigenvalue weighted by Gasteiger charge is 2.26. The highest BCUT2D eigenvalue weighted by atomic mass is 16.5. The van der Waals surface area contributed by atoms with E-state index >= 15 is 0 Å². The number of benzene rings is 2. The Labute approximate surface area is 169 Å². The van der Waals surface area contributed by atoms with Crippen molar-refractivity contribution in [3.8, 4) is 0 Å². The molecule has 7 heteroatoms. The maximum Gasteiger partial charge on any atom is 0.321 e. The number of nitrogens with one attached hydrogen (secondary N) is 2. The van der Waals surface area contributed by atoms with Crippen molar-refractivity contribution in [2.75, 3.05) is 7.05 Å². The Kier molecular flexibility index (Phi) is 7.65. The lowest BCUT2D eigenvalue weighted by atomic mass is 9.99. The van der Waals surface area contributed by atoms with Crippen LogP contribution >= 0.6 is 0 Å². The maximum absolute atomic E-state index is 12.5. The molecule has 2 rings (SSSR count). The van der Waals surface area contributed by atoms with Gasteiger partial charge in [-0.05, 0) is 25.5 Å². The Bertz CT molecular complexity index is 909. The fourth-order valence-corrected chi connectivity index (χ4v) is 2.72. The van der Waals surface area contributed by atoms with Crippen LogP contribution in [-0.2, 0) is 14.3 Å². The molecular formula is C22H24N2O5. The Hall–Kier alpha value is -3.48. The van der Waals surface area contributed by atoms with E-state index in [2.05, 4.69) is 10.6 Å². The zero-order chi connectivity index (χ0) is 21.4. The van der Waals surface area contributed by atoms with Crippen LogP contribution in [0, 0.1) is 13.8 Å². The number of urea groups is 1. The number of amides is 3. The van der Waals surface area contributed by atoms with Gasteiger partial charge in [0.15, 0.2) is 5.78 Å². The molecule has 0 spiro atoms. The molecule has 152 valence electrons. The minimum atomic E-state index is -1.29. The van der Waals surface area contributed by atoms with Crippen molar-refractivity contribution in [3.05, 3.63) is 70.8 Å². The summed E-state index contributed by atoms with van der Waals surface area (Å²) in [5.74, 6) is -1.65. The molecule has 0 aliphatic rings. The Morgan fingerprint density at radius 2 is 1.66 bits per heavy atom. The third-order valence-electron chi connectivity index (χ3n) is 4.30. The highest BCUT2D eigenvalue weighted by Crippen LogP contribution is 2.20. The predicted molar refractivity (Wildman–Crippen MR) is 107 cm³/mol. The normalized spacial score (nSPS) is 11.3. The molecule has 0 fully saturated rings. The zero-order valence-corrected chi connectivity index (χ0v) is 16.7. The lowest BCUT2D eigenvalue weighted by Crippen LogP contribution is -2.41. The Morgan fingerprint density at radius 3 is 2.31 bits per heavy atom. The van der Waals surface area contributed by atoms with Crippen LogP contribution in [0.1, 0.15) is 46.0 Å². The van der Waals surface area contributed by atoms with Gasteiger partial charge in [0, 0.05) is 24.6 Å². The van der Waals surface area contributed by atoms with Crippen molar-refractivity contribution in [2.24, 2.45) is 0 Å². The van der Waals surface area contributed by atoms with Crippen LogP contribution in [0.25, 0.3) is 0 Å². The Balaban J connectivity index is 2.05. The first-order valence-electron chi connectivity index (χ1n) is 9.19. The minimum absolute atomic E-state index is 0.0400. The second kappa shape index (κ2) is 10.2. The number of ketones is 1. The zero-order valence-electron chi connectivity index (χ0n) is 16.7. The van der Waals surface area contributed by atoms with Gasteiger partial charge >= 0.3 is 12.0 Å². The third-order valence-corrected chi connectivity index (χ3v) is 4.30. The molecule has 2 N–H and O–H groups in total. The molecule has 0 aromatic heterocycles. The topological polar surface area (TPSA) is 102 Å². The quantitative estimate of drug-likeness (QED) is 0.553. The second-order valence-corrected chi connectivity index (χ2v) is 6.59. The van der Waals surface area contributed by atoms with E-state index in [4.69, 9.17) is 4.74 Å². The van der Waals surface area contributed by atoms with Gasteiger partial charge in [0.05, 0.1) is 6.42 Å². The highest BCUT2D eigenvalue weighted by molar-refractivity contribution is 6.00. The molecule has 2 aromatic carbocycles. The Morgan fingerprint density at radius 1 is 0.966 bits per heavy atom. The van der Waals surface area contributed by atoms with Gasteiger partial charge in [-0.15, -0.1) is 0 Å². The number of ether oxygens (including phenoxy) is 1. The standard InChI is InChI=1S/C22H24N2O5/c1-14-9-10-15(2)17(13-14)18(25)11-12-19(26)29-20(16-7-5-4-6-8-16)21(27)24-22(28)23-3/h4-10,13,20H,11-12H2,1-3H3,(H2,23,24,27,28)/t20-/m0/s1. The summed E-state index contributed by atoms with van der Waals surface area (Å²) in [5, 5.41) is 4.37. The summed E-state index contributed by atoms with van der Waals surface area (Å²) in [6, 6.07) is 13.2. The average molecular weight is 396 g/mol. The van der Waals surface area contributed by atoms with Gasteiger partial charge in [-0.25, -0.2) is 4.79 Å². The fraction of sp³-hybridized carbons (Fsp3) is 0.273. The molecule has 7 nitrogen and oxygen atoms in total. The maximum atomic E-state index is 12.5. The lowest BCUT2D eigenvalue weighted by Gasteiger charge is -2.17. The predicted octanol–water partition coefficient (Wildman–Crippen LogP) is 3.01. The van der Waals surface area contributed by atoms with Crippen LogP contribution in [0.15, 0.2) is 48.5 Å².